The van der Waals surface area contributed by atoms with Gasteiger partial charge in [0, 0.05) is 29.0 Å². The minimum atomic E-state index is -0.454. The molecule has 4 nitrogen and oxygen atoms in total. The van der Waals surface area contributed by atoms with E-state index in [9.17, 15) is 9.50 Å². The van der Waals surface area contributed by atoms with E-state index in [1.165, 1.54) is 12.1 Å². The highest BCUT2D eigenvalue weighted by Gasteiger charge is 2.21. The van der Waals surface area contributed by atoms with Crippen LogP contribution in [-0.4, -0.2) is 15.1 Å². The van der Waals surface area contributed by atoms with E-state index in [0.29, 0.717) is 22.5 Å². The molecule has 0 aliphatic carbocycles. The first-order valence-electron chi connectivity index (χ1n) is 8.22. The van der Waals surface area contributed by atoms with Gasteiger partial charge in [-0.2, -0.15) is 0 Å². The summed E-state index contributed by atoms with van der Waals surface area (Å²) in [5.74, 6) is -0.248. The summed E-state index contributed by atoms with van der Waals surface area (Å²) in [6.45, 7) is 0. The zero-order chi connectivity index (χ0) is 17.9. The lowest BCUT2D eigenvalue weighted by Crippen LogP contribution is -2.14. The van der Waals surface area contributed by atoms with E-state index in [1.807, 2.05) is 42.5 Å². The predicted molar refractivity (Wildman–Crippen MR) is 99.5 cm³/mol. The Balaban J connectivity index is 1.84. The topological polar surface area (TPSA) is 58.0 Å². The number of aromatic hydroxyl groups is 1. The van der Waals surface area contributed by atoms with Gasteiger partial charge in [-0.3, -0.25) is 9.97 Å². The van der Waals surface area contributed by atoms with Gasteiger partial charge >= 0.3 is 0 Å². The van der Waals surface area contributed by atoms with Gasteiger partial charge in [0.2, 0.25) is 0 Å². The molecule has 0 aliphatic heterocycles. The van der Waals surface area contributed by atoms with E-state index in [2.05, 4.69) is 15.3 Å². The summed E-state index contributed by atoms with van der Waals surface area (Å²) in [5, 5.41) is 14.9. The number of anilines is 1. The molecule has 4 aromatic rings. The van der Waals surface area contributed by atoms with E-state index in [0.717, 1.165) is 5.39 Å². The number of pyridine rings is 2. The molecular weight excluding hydrogens is 329 g/mol. The maximum absolute atomic E-state index is 13.6. The lowest BCUT2D eigenvalue weighted by molar-refractivity contribution is 0.471. The smallest absolute Gasteiger partial charge is 0.147 e. The Hall–Kier alpha value is -3.47. The van der Waals surface area contributed by atoms with Crippen LogP contribution < -0.4 is 5.32 Å². The van der Waals surface area contributed by atoms with Gasteiger partial charge in [-0.05, 0) is 36.4 Å². The second-order valence-corrected chi connectivity index (χ2v) is 5.92. The standard InChI is InChI=1S/C21H16FN3O/c22-15-6-3-7-16(13-15)25-20(18-8-1-2-11-23-18)17-10-9-14-5-4-12-24-19(14)21(17)26/h1-13,20,25-26H/t20-/m0/s1. The highest BCUT2D eigenvalue weighted by molar-refractivity contribution is 5.85. The van der Waals surface area contributed by atoms with Crippen molar-refractivity contribution in [1.82, 2.24) is 9.97 Å². The van der Waals surface area contributed by atoms with Crippen LogP contribution in [0.15, 0.2) is 79.1 Å². The van der Waals surface area contributed by atoms with Crippen molar-refractivity contribution in [1.29, 1.82) is 0 Å². The monoisotopic (exact) mass is 345 g/mol. The summed E-state index contributed by atoms with van der Waals surface area (Å²) in [6, 6.07) is 18.8. The fourth-order valence-electron chi connectivity index (χ4n) is 2.98. The number of halogens is 1. The van der Waals surface area contributed by atoms with Crippen molar-refractivity contribution in [3.63, 3.8) is 0 Å². The summed E-state index contributed by atoms with van der Waals surface area (Å²) in [6.07, 6.45) is 3.33. The fourth-order valence-corrected chi connectivity index (χ4v) is 2.98. The number of hydrogen-bond acceptors (Lipinski definition) is 4. The first-order valence-corrected chi connectivity index (χ1v) is 8.22. The number of hydrogen-bond donors (Lipinski definition) is 2. The van der Waals surface area contributed by atoms with Gasteiger partial charge in [0.25, 0.3) is 0 Å². The predicted octanol–water partition coefficient (Wildman–Crippen LogP) is 4.68. The first-order chi connectivity index (χ1) is 12.7. The third kappa shape index (κ3) is 3.07. The number of nitrogens with zero attached hydrogens (tertiary/aromatic N) is 2. The van der Waals surface area contributed by atoms with Crippen LogP contribution in [0.4, 0.5) is 10.1 Å². The van der Waals surface area contributed by atoms with E-state index >= 15 is 0 Å². The van der Waals surface area contributed by atoms with Crippen LogP contribution in [-0.2, 0) is 0 Å². The Morgan fingerprint density at radius 2 is 1.77 bits per heavy atom. The third-order valence-electron chi connectivity index (χ3n) is 4.21. The average Bonchev–Trinajstić information content (AvgIpc) is 2.68. The van der Waals surface area contributed by atoms with Gasteiger partial charge in [-0.15, -0.1) is 0 Å². The molecule has 0 aliphatic rings. The summed E-state index contributed by atoms with van der Waals surface area (Å²) < 4.78 is 13.6. The minimum Gasteiger partial charge on any atom is -0.505 e. The molecule has 0 bridgehead atoms. The molecule has 2 heterocycles. The van der Waals surface area contributed by atoms with Crippen LogP contribution in [0.25, 0.3) is 10.9 Å². The van der Waals surface area contributed by atoms with Gasteiger partial charge in [0.05, 0.1) is 11.7 Å². The first kappa shape index (κ1) is 16.0. The molecule has 26 heavy (non-hydrogen) atoms. The Bertz CT molecular complexity index is 1050. The number of nitrogens with one attached hydrogen (secondary N) is 1. The van der Waals surface area contributed by atoms with Crippen molar-refractivity contribution in [3.05, 3.63) is 96.2 Å². The summed E-state index contributed by atoms with van der Waals surface area (Å²) in [4.78, 5) is 8.69. The maximum Gasteiger partial charge on any atom is 0.147 e. The van der Waals surface area contributed by atoms with Crippen LogP contribution in [0, 0.1) is 5.82 Å². The van der Waals surface area contributed by atoms with Crippen molar-refractivity contribution < 1.29 is 9.50 Å². The molecule has 1 atom stereocenters. The lowest BCUT2D eigenvalue weighted by Gasteiger charge is -2.21. The van der Waals surface area contributed by atoms with E-state index in [-0.39, 0.29) is 11.6 Å². The third-order valence-corrected chi connectivity index (χ3v) is 4.21. The molecule has 0 unspecified atom stereocenters. The number of fused-ring (bicyclic) bond motifs is 1. The van der Waals surface area contributed by atoms with Gasteiger partial charge in [0.15, 0.2) is 0 Å². The van der Waals surface area contributed by atoms with Crippen LogP contribution in [0.5, 0.6) is 5.75 Å². The van der Waals surface area contributed by atoms with Crippen molar-refractivity contribution >= 4 is 16.6 Å². The van der Waals surface area contributed by atoms with E-state index < -0.39 is 6.04 Å². The van der Waals surface area contributed by atoms with Gasteiger partial charge in [0.1, 0.15) is 17.1 Å². The zero-order valence-electron chi connectivity index (χ0n) is 13.8. The highest BCUT2D eigenvalue weighted by atomic mass is 19.1. The molecule has 0 spiro atoms. The van der Waals surface area contributed by atoms with Crippen molar-refractivity contribution in [2.24, 2.45) is 0 Å². The number of benzene rings is 2. The maximum atomic E-state index is 13.6. The molecule has 5 heteroatoms. The Kier molecular flexibility index (Phi) is 4.19. The molecule has 0 saturated carbocycles. The Morgan fingerprint density at radius 3 is 2.58 bits per heavy atom. The number of rotatable bonds is 4. The molecule has 2 aromatic heterocycles. The molecule has 0 fully saturated rings. The largest absolute Gasteiger partial charge is 0.505 e. The van der Waals surface area contributed by atoms with Crippen LogP contribution in [0.2, 0.25) is 0 Å². The molecule has 0 radical (unpaired) electrons. The molecule has 0 amide bonds. The van der Waals surface area contributed by atoms with Crippen LogP contribution >= 0.6 is 0 Å². The molecule has 2 N–H and O–H groups in total. The second kappa shape index (κ2) is 6.80. The number of phenolic OH excluding ortho intramolecular Hbond substituents is 1. The quantitative estimate of drug-likeness (QED) is 0.564. The van der Waals surface area contributed by atoms with E-state index in [4.69, 9.17) is 0 Å². The normalized spacial score (nSPS) is 12.0. The number of phenols is 1. The Labute approximate surface area is 150 Å². The summed E-state index contributed by atoms with van der Waals surface area (Å²) in [7, 11) is 0. The van der Waals surface area contributed by atoms with Gasteiger partial charge in [-0.1, -0.05) is 30.3 Å². The van der Waals surface area contributed by atoms with Gasteiger partial charge < -0.3 is 10.4 Å². The van der Waals surface area contributed by atoms with Crippen molar-refractivity contribution in [2.75, 3.05) is 5.32 Å². The van der Waals surface area contributed by atoms with E-state index in [1.54, 1.807) is 24.5 Å². The lowest BCUT2D eigenvalue weighted by atomic mass is 9.99. The summed E-state index contributed by atoms with van der Waals surface area (Å²) in [5.41, 5.74) is 2.45. The Morgan fingerprint density at radius 1 is 0.885 bits per heavy atom. The average molecular weight is 345 g/mol. The second-order valence-electron chi connectivity index (χ2n) is 5.92. The van der Waals surface area contributed by atoms with Crippen molar-refractivity contribution in [3.8, 4) is 5.75 Å². The molecule has 128 valence electrons. The van der Waals surface area contributed by atoms with Gasteiger partial charge in [-0.25, -0.2) is 4.39 Å². The fraction of sp³-hybridized carbons (Fsp3) is 0.0476. The minimum absolute atomic E-state index is 0.0858. The SMILES string of the molecule is Oc1c([C@H](Nc2cccc(F)c2)c2ccccn2)ccc2cccnc12. The number of aromatic nitrogens is 2. The van der Waals surface area contributed by atoms with Crippen LogP contribution in [0.3, 0.4) is 0 Å². The summed E-state index contributed by atoms with van der Waals surface area (Å²) >= 11 is 0. The highest BCUT2D eigenvalue weighted by Crippen LogP contribution is 2.35. The van der Waals surface area contributed by atoms with Crippen molar-refractivity contribution in [2.45, 2.75) is 6.04 Å². The molecule has 2 aromatic carbocycles. The van der Waals surface area contributed by atoms with Crippen LogP contribution in [0.1, 0.15) is 17.3 Å². The molecule has 4 rings (SSSR count). The molecular formula is C21H16FN3O. The zero-order valence-corrected chi connectivity index (χ0v) is 13.8. The molecule has 0 saturated heterocycles.